The zero-order valence-electron chi connectivity index (χ0n) is 18.9. The number of benzene rings is 2. The van der Waals surface area contributed by atoms with Crippen molar-refractivity contribution >= 4 is 11.6 Å². The van der Waals surface area contributed by atoms with Crippen LogP contribution in [0.4, 0.5) is 8.78 Å². The summed E-state index contributed by atoms with van der Waals surface area (Å²) < 4.78 is 34.5. The highest BCUT2D eigenvalue weighted by Crippen LogP contribution is 2.36. The van der Waals surface area contributed by atoms with Crippen molar-refractivity contribution in [3.8, 4) is 17.0 Å². The Morgan fingerprint density at radius 1 is 1.15 bits per heavy atom. The lowest BCUT2D eigenvalue weighted by Gasteiger charge is -2.26. The molecule has 3 heterocycles. The predicted molar refractivity (Wildman–Crippen MR) is 124 cm³/mol. The number of aryl methyl sites for hydroxylation is 1. The van der Waals surface area contributed by atoms with Crippen LogP contribution in [0.2, 0.25) is 0 Å². The number of halogens is 2. The van der Waals surface area contributed by atoms with Gasteiger partial charge >= 0.3 is 0 Å². The molecule has 174 valence electrons. The lowest BCUT2D eigenvalue weighted by molar-refractivity contribution is 0.0737. The molecule has 5 rings (SSSR count). The summed E-state index contributed by atoms with van der Waals surface area (Å²) >= 11 is 0. The Morgan fingerprint density at radius 2 is 1.91 bits per heavy atom. The maximum absolute atomic E-state index is 14.0. The van der Waals surface area contributed by atoms with Crippen LogP contribution >= 0.6 is 0 Å². The van der Waals surface area contributed by atoms with Gasteiger partial charge in [0.2, 0.25) is 0 Å². The van der Waals surface area contributed by atoms with E-state index < -0.39 is 6.43 Å². The Balaban J connectivity index is 1.62. The number of hydrogen-bond acceptors (Lipinski definition) is 4. The molecule has 0 bridgehead atoms. The fraction of sp³-hybridized carbons (Fsp3) is 0.269. The van der Waals surface area contributed by atoms with E-state index in [0.717, 1.165) is 28.5 Å². The van der Waals surface area contributed by atoms with Crippen LogP contribution in [-0.4, -0.2) is 39.1 Å². The molecule has 0 spiro atoms. The number of amides is 1. The Morgan fingerprint density at radius 3 is 2.68 bits per heavy atom. The van der Waals surface area contributed by atoms with Crippen LogP contribution in [0, 0.1) is 6.92 Å². The molecule has 8 heteroatoms. The first-order chi connectivity index (χ1) is 16.5. The second-order valence-electron chi connectivity index (χ2n) is 8.37. The summed E-state index contributed by atoms with van der Waals surface area (Å²) in [5, 5.41) is 4.12. The van der Waals surface area contributed by atoms with Gasteiger partial charge < -0.3 is 9.64 Å². The van der Waals surface area contributed by atoms with Crippen LogP contribution in [-0.2, 0) is 0 Å². The highest BCUT2D eigenvalue weighted by molar-refractivity contribution is 6.00. The molecule has 1 saturated heterocycles. The third-order valence-corrected chi connectivity index (χ3v) is 6.40. The zero-order chi connectivity index (χ0) is 23.8. The SMILES string of the molecule is COc1ccccc1-c1cc(C(F)F)n2ncc(C(=O)N3CCC[C@H]3c3ccccc3C)c2n1. The minimum absolute atomic E-state index is 0.0735. The Hall–Kier alpha value is -3.81. The first-order valence-corrected chi connectivity index (χ1v) is 11.2. The van der Waals surface area contributed by atoms with Gasteiger partial charge in [0.05, 0.1) is 25.0 Å². The predicted octanol–water partition coefficient (Wildman–Crippen LogP) is 5.63. The minimum atomic E-state index is -2.80. The van der Waals surface area contributed by atoms with Crippen LogP contribution < -0.4 is 4.74 Å². The fourth-order valence-electron chi connectivity index (χ4n) is 4.74. The number of methoxy groups -OCH3 is 1. The van der Waals surface area contributed by atoms with Gasteiger partial charge in [-0.2, -0.15) is 5.10 Å². The molecule has 1 fully saturated rings. The number of alkyl halides is 2. The molecule has 34 heavy (non-hydrogen) atoms. The monoisotopic (exact) mass is 462 g/mol. The quantitative estimate of drug-likeness (QED) is 0.386. The van der Waals surface area contributed by atoms with Crippen molar-refractivity contribution in [1.29, 1.82) is 0 Å². The lowest BCUT2D eigenvalue weighted by atomic mass is 9.99. The van der Waals surface area contributed by atoms with Gasteiger partial charge in [0.1, 0.15) is 17.0 Å². The number of likely N-dealkylation sites (tertiary alicyclic amines) is 1. The third kappa shape index (κ3) is 3.69. The average molecular weight is 463 g/mol. The first-order valence-electron chi connectivity index (χ1n) is 11.2. The molecule has 2 aromatic heterocycles. The summed E-state index contributed by atoms with van der Waals surface area (Å²) in [4.78, 5) is 20.1. The van der Waals surface area contributed by atoms with E-state index in [0.29, 0.717) is 23.6 Å². The molecule has 0 N–H and O–H groups in total. The van der Waals surface area contributed by atoms with Gasteiger partial charge in [-0.3, -0.25) is 4.79 Å². The van der Waals surface area contributed by atoms with Gasteiger partial charge in [-0.25, -0.2) is 18.3 Å². The largest absolute Gasteiger partial charge is 0.496 e. The summed E-state index contributed by atoms with van der Waals surface area (Å²) in [5.41, 5.74) is 3.06. The molecule has 0 saturated carbocycles. The number of hydrogen-bond donors (Lipinski definition) is 0. The topological polar surface area (TPSA) is 59.7 Å². The molecule has 0 radical (unpaired) electrons. The number of carbonyl (C=O) groups excluding carboxylic acids is 1. The average Bonchev–Trinajstić information content (AvgIpc) is 3.50. The number of carbonyl (C=O) groups is 1. The van der Waals surface area contributed by atoms with Crippen molar-refractivity contribution in [1.82, 2.24) is 19.5 Å². The highest BCUT2D eigenvalue weighted by Gasteiger charge is 2.33. The Kier molecular flexibility index (Phi) is 5.73. The molecule has 6 nitrogen and oxygen atoms in total. The van der Waals surface area contributed by atoms with Crippen LogP contribution in [0.3, 0.4) is 0 Å². The maximum Gasteiger partial charge on any atom is 0.280 e. The zero-order valence-corrected chi connectivity index (χ0v) is 18.9. The number of rotatable bonds is 5. The Bertz CT molecular complexity index is 1370. The number of ether oxygens (including phenoxy) is 1. The third-order valence-electron chi connectivity index (χ3n) is 6.40. The molecule has 1 atom stereocenters. The summed E-state index contributed by atoms with van der Waals surface area (Å²) in [7, 11) is 1.51. The summed E-state index contributed by atoms with van der Waals surface area (Å²) in [6.45, 7) is 2.62. The summed E-state index contributed by atoms with van der Waals surface area (Å²) in [5.74, 6) is 0.247. The minimum Gasteiger partial charge on any atom is -0.496 e. The van der Waals surface area contributed by atoms with Crippen molar-refractivity contribution in [2.24, 2.45) is 0 Å². The van der Waals surface area contributed by atoms with Gasteiger partial charge in [0.15, 0.2) is 5.65 Å². The van der Waals surface area contributed by atoms with E-state index >= 15 is 0 Å². The molecule has 2 aromatic carbocycles. The maximum atomic E-state index is 14.0. The smallest absolute Gasteiger partial charge is 0.280 e. The van der Waals surface area contributed by atoms with Crippen LogP contribution in [0.5, 0.6) is 5.75 Å². The van der Waals surface area contributed by atoms with Gasteiger partial charge in [-0.15, -0.1) is 0 Å². The van der Waals surface area contributed by atoms with Crippen molar-refractivity contribution in [3.63, 3.8) is 0 Å². The Labute approximate surface area is 195 Å². The number of para-hydroxylation sites is 1. The lowest BCUT2D eigenvalue weighted by Crippen LogP contribution is -2.31. The van der Waals surface area contributed by atoms with Crippen molar-refractivity contribution < 1.29 is 18.3 Å². The van der Waals surface area contributed by atoms with E-state index in [1.165, 1.54) is 19.4 Å². The van der Waals surface area contributed by atoms with E-state index in [4.69, 9.17) is 4.74 Å². The highest BCUT2D eigenvalue weighted by atomic mass is 19.3. The van der Waals surface area contributed by atoms with E-state index in [-0.39, 0.29) is 28.9 Å². The van der Waals surface area contributed by atoms with Gasteiger partial charge in [0.25, 0.3) is 12.3 Å². The number of aromatic nitrogens is 3. The molecular weight excluding hydrogens is 438 g/mol. The standard InChI is InChI=1S/C26H24F2N4O2/c1-16-8-3-4-9-17(16)21-11-7-13-31(21)26(33)19-15-29-32-22(24(27)28)14-20(30-25(19)32)18-10-5-6-12-23(18)34-2/h3-6,8-10,12,14-15,21,24H,7,11,13H2,1-2H3/t21-/m0/s1. The van der Waals surface area contributed by atoms with E-state index in [1.54, 1.807) is 29.2 Å². The molecular formula is C26H24F2N4O2. The molecule has 0 unspecified atom stereocenters. The molecule has 4 aromatic rings. The van der Waals surface area contributed by atoms with Gasteiger partial charge in [-0.1, -0.05) is 36.4 Å². The van der Waals surface area contributed by atoms with Crippen LogP contribution in [0.1, 0.15) is 52.5 Å². The van der Waals surface area contributed by atoms with E-state index in [9.17, 15) is 13.6 Å². The van der Waals surface area contributed by atoms with Crippen molar-refractivity contribution in [2.75, 3.05) is 13.7 Å². The molecule has 1 aliphatic rings. The number of fused-ring (bicyclic) bond motifs is 1. The summed E-state index contributed by atoms with van der Waals surface area (Å²) in [6, 6.07) is 16.3. The molecule has 0 aliphatic carbocycles. The second-order valence-corrected chi connectivity index (χ2v) is 8.37. The van der Waals surface area contributed by atoms with Gasteiger partial charge in [0, 0.05) is 12.1 Å². The fourth-order valence-corrected chi connectivity index (χ4v) is 4.74. The van der Waals surface area contributed by atoms with Crippen molar-refractivity contribution in [2.45, 2.75) is 32.2 Å². The second kappa shape index (κ2) is 8.85. The van der Waals surface area contributed by atoms with Gasteiger partial charge in [-0.05, 0) is 49.1 Å². The van der Waals surface area contributed by atoms with Crippen LogP contribution in [0.15, 0.2) is 60.8 Å². The van der Waals surface area contributed by atoms with Crippen molar-refractivity contribution in [3.05, 3.63) is 83.2 Å². The van der Waals surface area contributed by atoms with E-state index in [2.05, 4.69) is 10.1 Å². The van der Waals surface area contributed by atoms with E-state index in [1.807, 2.05) is 31.2 Å². The van der Waals surface area contributed by atoms with Crippen LogP contribution in [0.25, 0.3) is 16.9 Å². The number of nitrogens with zero attached hydrogens (tertiary/aromatic N) is 4. The summed E-state index contributed by atoms with van der Waals surface area (Å²) in [6.07, 6.45) is 0.258. The molecule has 1 amide bonds. The molecule has 1 aliphatic heterocycles. The normalized spacial score (nSPS) is 15.9. The first kappa shape index (κ1) is 22.0.